The molecule has 1 fully saturated rings. The minimum atomic E-state index is -0.102. The number of ketones is 1. The smallest absolute Gasteiger partial charge is 0.164 e. The predicted octanol–water partition coefficient (Wildman–Crippen LogP) is 1.29. The second-order valence-electron chi connectivity index (χ2n) is 3.25. The summed E-state index contributed by atoms with van der Waals surface area (Å²) in [6.45, 7) is 0. The molecule has 3 nitrogen and oxygen atoms in total. The average molecular weight is 197 g/mol. The van der Waals surface area contributed by atoms with Gasteiger partial charge in [-0.1, -0.05) is 0 Å². The molecule has 1 aliphatic heterocycles. The normalized spacial score (nSPS) is 27.2. The van der Waals surface area contributed by atoms with Crippen molar-refractivity contribution >= 4 is 15.2 Å². The number of nitrogens with one attached hydrogen (secondary N) is 1. The van der Waals surface area contributed by atoms with E-state index in [9.17, 15) is 4.79 Å². The first-order valence-electron chi connectivity index (χ1n) is 4.37. The Bertz CT molecular complexity index is 296. The van der Waals surface area contributed by atoms with Crippen LogP contribution in [0.1, 0.15) is 19.3 Å². The molecule has 0 aromatic rings. The Labute approximate surface area is 79.5 Å². The van der Waals surface area contributed by atoms with Crippen molar-refractivity contribution < 1.29 is 9.32 Å². The number of Topliss-reactive ketones (excluding diaryl/α,β-unsaturated/α-hetero) is 1. The first-order valence-corrected chi connectivity index (χ1v) is 4.84. The average Bonchev–Trinajstić information content (AvgIpc) is 2.18. The number of carbonyl (C=O) groups excluding carboxylic acids is 1. The number of carbonyl (C=O) groups is 1. The van der Waals surface area contributed by atoms with E-state index in [1.165, 1.54) is 0 Å². The van der Waals surface area contributed by atoms with E-state index < -0.39 is 0 Å². The quantitative estimate of drug-likeness (QED) is 0.643. The van der Waals surface area contributed by atoms with E-state index in [4.69, 9.17) is 4.52 Å². The maximum atomic E-state index is 11.4. The molecular formula is C9H12NO2P. The van der Waals surface area contributed by atoms with Crippen LogP contribution in [-0.2, 0) is 9.32 Å². The largest absolute Gasteiger partial charge is 0.362 e. The molecule has 0 aromatic heterocycles. The van der Waals surface area contributed by atoms with Gasteiger partial charge in [-0.2, -0.15) is 0 Å². The van der Waals surface area contributed by atoms with Crippen LogP contribution < -0.4 is 5.32 Å². The Morgan fingerprint density at radius 2 is 2.38 bits per heavy atom. The van der Waals surface area contributed by atoms with E-state index >= 15 is 0 Å². The highest BCUT2D eigenvalue weighted by atomic mass is 31.0. The standard InChI is InChI=1S/C9H12NO2P/c11-8-3-1-2-6-4-9(12-13)10-5-7(6)8/h4-5,9-10H,1-3,13H2. The van der Waals surface area contributed by atoms with Gasteiger partial charge in [0, 0.05) is 27.7 Å². The summed E-state index contributed by atoms with van der Waals surface area (Å²) in [7, 11) is 2.22. The van der Waals surface area contributed by atoms with Gasteiger partial charge in [0.05, 0.1) is 0 Å². The zero-order chi connectivity index (χ0) is 9.26. The molecule has 2 atom stereocenters. The van der Waals surface area contributed by atoms with E-state index in [0.717, 1.165) is 24.0 Å². The summed E-state index contributed by atoms with van der Waals surface area (Å²) in [5.41, 5.74) is 1.96. The van der Waals surface area contributed by atoms with Crippen LogP contribution in [0, 0.1) is 0 Å². The van der Waals surface area contributed by atoms with Crippen molar-refractivity contribution in [3.8, 4) is 0 Å². The number of allylic oxidation sites excluding steroid dienone is 2. The fourth-order valence-electron chi connectivity index (χ4n) is 1.71. The molecule has 1 N–H and O–H groups in total. The van der Waals surface area contributed by atoms with Crippen molar-refractivity contribution in [1.82, 2.24) is 5.32 Å². The van der Waals surface area contributed by atoms with Crippen molar-refractivity contribution in [3.05, 3.63) is 23.4 Å². The Balaban J connectivity index is 2.23. The highest BCUT2D eigenvalue weighted by Crippen LogP contribution is 2.28. The molecule has 0 amide bonds. The van der Waals surface area contributed by atoms with Gasteiger partial charge in [0.15, 0.2) is 5.78 Å². The second-order valence-corrected chi connectivity index (χ2v) is 3.52. The van der Waals surface area contributed by atoms with Crippen molar-refractivity contribution in [2.24, 2.45) is 0 Å². The lowest BCUT2D eigenvalue weighted by Crippen LogP contribution is -2.29. The summed E-state index contributed by atoms with van der Waals surface area (Å²) >= 11 is 0. The van der Waals surface area contributed by atoms with Crippen LogP contribution in [0.3, 0.4) is 0 Å². The summed E-state index contributed by atoms with van der Waals surface area (Å²) < 4.78 is 5.05. The highest BCUT2D eigenvalue weighted by molar-refractivity contribution is 7.09. The summed E-state index contributed by atoms with van der Waals surface area (Å²) in [5, 5.41) is 3.00. The van der Waals surface area contributed by atoms with Crippen LogP contribution in [0.15, 0.2) is 23.4 Å². The van der Waals surface area contributed by atoms with Crippen LogP contribution in [-0.4, -0.2) is 12.0 Å². The van der Waals surface area contributed by atoms with Gasteiger partial charge in [-0.25, -0.2) is 0 Å². The molecule has 2 unspecified atom stereocenters. The maximum Gasteiger partial charge on any atom is 0.164 e. The van der Waals surface area contributed by atoms with Gasteiger partial charge in [0.1, 0.15) is 6.23 Å². The molecule has 2 aliphatic rings. The fourth-order valence-corrected chi connectivity index (χ4v) is 1.87. The molecule has 1 heterocycles. The third-order valence-corrected chi connectivity index (χ3v) is 2.68. The summed E-state index contributed by atoms with van der Waals surface area (Å²) in [6.07, 6.45) is 6.27. The second kappa shape index (κ2) is 3.60. The van der Waals surface area contributed by atoms with E-state index in [1.807, 2.05) is 6.08 Å². The van der Waals surface area contributed by atoms with E-state index in [0.29, 0.717) is 6.42 Å². The van der Waals surface area contributed by atoms with Gasteiger partial charge in [-0.3, -0.25) is 4.79 Å². The molecule has 13 heavy (non-hydrogen) atoms. The topological polar surface area (TPSA) is 38.3 Å². The van der Waals surface area contributed by atoms with Gasteiger partial charge >= 0.3 is 0 Å². The van der Waals surface area contributed by atoms with Crippen LogP contribution in [0.2, 0.25) is 0 Å². The molecule has 70 valence electrons. The number of fused-ring (bicyclic) bond motifs is 1. The molecule has 4 heteroatoms. The van der Waals surface area contributed by atoms with Crippen LogP contribution >= 0.6 is 9.47 Å². The molecule has 1 aliphatic carbocycles. The number of hydrogen-bond acceptors (Lipinski definition) is 3. The summed E-state index contributed by atoms with van der Waals surface area (Å²) in [6, 6.07) is 0. The molecule has 2 rings (SSSR count). The molecule has 0 radical (unpaired) electrons. The zero-order valence-electron chi connectivity index (χ0n) is 7.25. The van der Waals surface area contributed by atoms with Crippen molar-refractivity contribution in [1.29, 1.82) is 0 Å². The van der Waals surface area contributed by atoms with Crippen molar-refractivity contribution in [3.63, 3.8) is 0 Å². The highest BCUT2D eigenvalue weighted by Gasteiger charge is 2.23. The van der Waals surface area contributed by atoms with Gasteiger partial charge < -0.3 is 9.84 Å². The Kier molecular flexibility index (Phi) is 2.47. The summed E-state index contributed by atoms with van der Waals surface area (Å²) in [4.78, 5) is 11.4. The predicted molar refractivity (Wildman–Crippen MR) is 52.7 cm³/mol. The first kappa shape index (κ1) is 8.92. The molecule has 0 aromatic carbocycles. The molecule has 1 saturated carbocycles. The van der Waals surface area contributed by atoms with Gasteiger partial charge in [0.2, 0.25) is 0 Å². The Hall–Kier alpha value is -0.660. The summed E-state index contributed by atoms with van der Waals surface area (Å²) in [5.74, 6) is 0.243. The van der Waals surface area contributed by atoms with Crippen LogP contribution in [0.25, 0.3) is 0 Å². The molecular weight excluding hydrogens is 185 g/mol. The lowest BCUT2D eigenvalue weighted by molar-refractivity contribution is -0.115. The van der Waals surface area contributed by atoms with Gasteiger partial charge in [-0.05, 0) is 24.5 Å². The number of hydrogen-bond donors (Lipinski definition) is 1. The van der Waals surface area contributed by atoms with Crippen molar-refractivity contribution in [2.75, 3.05) is 0 Å². The first-order chi connectivity index (χ1) is 6.31. The van der Waals surface area contributed by atoms with E-state index in [1.54, 1.807) is 6.20 Å². The van der Waals surface area contributed by atoms with Gasteiger partial charge in [0.25, 0.3) is 0 Å². The van der Waals surface area contributed by atoms with Gasteiger partial charge in [-0.15, -0.1) is 0 Å². The lowest BCUT2D eigenvalue weighted by Gasteiger charge is -2.24. The molecule has 0 bridgehead atoms. The third kappa shape index (κ3) is 1.67. The van der Waals surface area contributed by atoms with E-state index in [2.05, 4.69) is 14.8 Å². The zero-order valence-corrected chi connectivity index (χ0v) is 8.40. The number of rotatable bonds is 1. The minimum absolute atomic E-state index is 0.102. The minimum Gasteiger partial charge on any atom is -0.362 e. The Morgan fingerprint density at radius 3 is 3.15 bits per heavy atom. The lowest BCUT2D eigenvalue weighted by atomic mass is 9.87. The number of dihydropyridines is 1. The van der Waals surface area contributed by atoms with Crippen LogP contribution in [0.4, 0.5) is 0 Å². The van der Waals surface area contributed by atoms with Crippen LogP contribution in [0.5, 0.6) is 0 Å². The third-order valence-electron chi connectivity index (χ3n) is 2.39. The fraction of sp³-hybridized carbons (Fsp3) is 0.444. The SMILES string of the molecule is O=C1CCCC2=CC(OP)NC=C12. The molecule has 0 spiro atoms. The molecule has 0 saturated heterocycles. The Morgan fingerprint density at radius 1 is 1.54 bits per heavy atom. The van der Waals surface area contributed by atoms with Crippen molar-refractivity contribution in [2.45, 2.75) is 25.5 Å². The van der Waals surface area contributed by atoms with E-state index in [-0.39, 0.29) is 12.0 Å². The maximum absolute atomic E-state index is 11.4. The monoisotopic (exact) mass is 197 g/mol.